The summed E-state index contributed by atoms with van der Waals surface area (Å²) in [6, 6.07) is 0. The topological polar surface area (TPSA) is 38.9 Å². The van der Waals surface area contributed by atoms with Crippen molar-refractivity contribution < 1.29 is 4.52 Å². The quantitative estimate of drug-likeness (QED) is 0.597. The van der Waals surface area contributed by atoms with Crippen LogP contribution in [0, 0.1) is 0 Å². The van der Waals surface area contributed by atoms with Gasteiger partial charge in [-0.1, -0.05) is 41.6 Å². The molecule has 0 spiro atoms. The third kappa shape index (κ3) is 1.68. The van der Waals surface area contributed by atoms with Crippen LogP contribution >= 0.6 is 22.6 Å². The molecule has 0 saturated heterocycles. The highest BCUT2D eigenvalue weighted by molar-refractivity contribution is 14.1. The normalized spacial score (nSPS) is 10.8. The Kier molecular flexibility index (Phi) is 2.64. The Morgan fingerprint density at radius 2 is 2.30 bits per heavy atom. The van der Waals surface area contributed by atoms with E-state index >= 15 is 0 Å². The molecule has 0 N–H and O–H groups in total. The number of hydrogen-bond acceptors (Lipinski definition) is 3. The van der Waals surface area contributed by atoms with E-state index in [1.807, 2.05) is 13.8 Å². The summed E-state index contributed by atoms with van der Waals surface area (Å²) < 4.78 is 5.70. The van der Waals surface area contributed by atoms with Gasteiger partial charge < -0.3 is 4.52 Å². The van der Waals surface area contributed by atoms with E-state index in [9.17, 15) is 0 Å². The summed E-state index contributed by atoms with van der Waals surface area (Å²) in [7, 11) is 0. The third-order valence-corrected chi connectivity index (χ3v) is 1.77. The molecule has 3 nitrogen and oxygen atoms in total. The molecule has 0 aliphatic carbocycles. The first-order valence-electron chi connectivity index (χ1n) is 3.12. The standard InChI is InChI=1S/C6H9IN2O/c1-4(2)6-8-5(3-7)10-9-6/h4H,3H2,1-2H3. The fourth-order valence-corrected chi connectivity index (χ4v) is 0.867. The second-order valence-electron chi connectivity index (χ2n) is 2.33. The second kappa shape index (κ2) is 3.32. The van der Waals surface area contributed by atoms with E-state index in [2.05, 4.69) is 32.7 Å². The molecule has 0 aliphatic heterocycles. The van der Waals surface area contributed by atoms with Crippen molar-refractivity contribution in [3.63, 3.8) is 0 Å². The van der Waals surface area contributed by atoms with Gasteiger partial charge in [-0.2, -0.15) is 4.98 Å². The van der Waals surface area contributed by atoms with E-state index in [0.717, 1.165) is 10.3 Å². The fraction of sp³-hybridized carbons (Fsp3) is 0.667. The third-order valence-electron chi connectivity index (χ3n) is 1.11. The van der Waals surface area contributed by atoms with E-state index < -0.39 is 0 Å². The molecule has 0 aromatic carbocycles. The van der Waals surface area contributed by atoms with Gasteiger partial charge in [-0.3, -0.25) is 0 Å². The highest BCUT2D eigenvalue weighted by atomic mass is 127. The molecule has 0 atom stereocenters. The molecule has 1 aromatic heterocycles. The van der Waals surface area contributed by atoms with Crippen molar-refractivity contribution in [2.24, 2.45) is 0 Å². The second-order valence-corrected chi connectivity index (χ2v) is 3.10. The van der Waals surface area contributed by atoms with Crippen LogP contribution in [0.5, 0.6) is 0 Å². The van der Waals surface area contributed by atoms with E-state index in [-0.39, 0.29) is 0 Å². The van der Waals surface area contributed by atoms with Crippen molar-refractivity contribution in [2.75, 3.05) is 0 Å². The minimum atomic E-state index is 0.362. The first-order valence-corrected chi connectivity index (χ1v) is 4.65. The molecular weight excluding hydrogens is 243 g/mol. The van der Waals surface area contributed by atoms with Crippen LogP contribution < -0.4 is 0 Å². The molecule has 0 bridgehead atoms. The Balaban J connectivity index is 2.78. The average molecular weight is 252 g/mol. The Bertz CT molecular complexity index is 209. The molecule has 10 heavy (non-hydrogen) atoms. The van der Waals surface area contributed by atoms with Crippen molar-refractivity contribution in [3.05, 3.63) is 11.7 Å². The molecule has 0 radical (unpaired) electrons. The molecule has 56 valence electrons. The van der Waals surface area contributed by atoms with Crippen LogP contribution in [0.15, 0.2) is 4.52 Å². The number of nitrogens with zero attached hydrogens (tertiary/aromatic N) is 2. The van der Waals surface area contributed by atoms with Crippen molar-refractivity contribution in [3.8, 4) is 0 Å². The lowest BCUT2D eigenvalue weighted by molar-refractivity contribution is 0.384. The molecule has 0 fully saturated rings. The van der Waals surface area contributed by atoms with Gasteiger partial charge in [0.25, 0.3) is 0 Å². The Hall–Kier alpha value is -0.130. The van der Waals surface area contributed by atoms with Crippen LogP contribution in [-0.4, -0.2) is 10.1 Å². The Labute approximate surface area is 73.3 Å². The van der Waals surface area contributed by atoms with Gasteiger partial charge in [-0.15, -0.1) is 0 Å². The van der Waals surface area contributed by atoms with Gasteiger partial charge in [0.1, 0.15) is 0 Å². The lowest BCUT2D eigenvalue weighted by Gasteiger charge is -1.91. The van der Waals surface area contributed by atoms with E-state index in [1.54, 1.807) is 0 Å². The first-order chi connectivity index (χ1) is 4.74. The number of rotatable bonds is 2. The van der Waals surface area contributed by atoms with Gasteiger partial charge in [0.15, 0.2) is 5.82 Å². The van der Waals surface area contributed by atoms with Gasteiger partial charge in [0, 0.05) is 5.92 Å². The number of halogens is 1. The molecule has 0 amide bonds. The molecular formula is C6H9IN2O. The zero-order valence-electron chi connectivity index (χ0n) is 5.97. The largest absolute Gasteiger partial charge is 0.338 e. The highest BCUT2D eigenvalue weighted by Gasteiger charge is 2.07. The molecule has 0 saturated carbocycles. The predicted octanol–water partition coefficient (Wildman–Crippen LogP) is 2.13. The van der Waals surface area contributed by atoms with E-state index in [0.29, 0.717) is 11.8 Å². The zero-order valence-corrected chi connectivity index (χ0v) is 8.12. The number of hydrogen-bond donors (Lipinski definition) is 0. The summed E-state index contributed by atoms with van der Waals surface area (Å²) in [6.07, 6.45) is 0. The maximum Gasteiger partial charge on any atom is 0.236 e. The van der Waals surface area contributed by atoms with Gasteiger partial charge in [-0.05, 0) is 0 Å². The molecule has 1 aromatic rings. The van der Waals surface area contributed by atoms with Crippen LogP contribution in [0.3, 0.4) is 0 Å². The number of aromatic nitrogens is 2. The average Bonchev–Trinajstić information content (AvgIpc) is 2.34. The minimum Gasteiger partial charge on any atom is -0.338 e. The van der Waals surface area contributed by atoms with E-state index in [4.69, 9.17) is 4.52 Å². The highest BCUT2D eigenvalue weighted by Crippen LogP contribution is 2.10. The lowest BCUT2D eigenvalue weighted by atomic mass is 10.2. The number of alkyl halides is 1. The summed E-state index contributed by atoms with van der Waals surface area (Å²) in [5.41, 5.74) is 0. The van der Waals surface area contributed by atoms with Gasteiger partial charge in [0.2, 0.25) is 5.89 Å². The molecule has 0 unspecified atom stereocenters. The molecule has 1 heterocycles. The maximum absolute atomic E-state index is 4.91. The Morgan fingerprint density at radius 1 is 1.60 bits per heavy atom. The predicted molar refractivity (Wildman–Crippen MR) is 46.1 cm³/mol. The monoisotopic (exact) mass is 252 g/mol. The van der Waals surface area contributed by atoms with Crippen molar-refractivity contribution >= 4 is 22.6 Å². The van der Waals surface area contributed by atoms with Crippen LogP contribution in [0.1, 0.15) is 31.5 Å². The van der Waals surface area contributed by atoms with Crippen molar-refractivity contribution in [1.29, 1.82) is 0 Å². The lowest BCUT2D eigenvalue weighted by Crippen LogP contribution is -1.89. The summed E-state index contributed by atoms with van der Waals surface area (Å²) in [5.74, 6) is 1.87. The summed E-state index contributed by atoms with van der Waals surface area (Å²) >= 11 is 2.19. The fourth-order valence-electron chi connectivity index (χ4n) is 0.557. The van der Waals surface area contributed by atoms with E-state index in [1.165, 1.54) is 0 Å². The Morgan fingerprint density at radius 3 is 2.60 bits per heavy atom. The van der Waals surface area contributed by atoms with Crippen LogP contribution in [-0.2, 0) is 4.43 Å². The summed E-state index contributed by atoms with van der Waals surface area (Å²) in [4.78, 5) is 4.14. The van der Waals surface area contributed by atoms with Gasteiger partial charge in [0.05, 0.1) is 4.43 Å². The van der Waals surface area contributed by atoms with Crippen LogP contribution in [0.2, 0.25) is 0 Å². The smallest absolute Gasteiger partial charge is 0.236 e. The minimum absolute atomic E-state index is 0.362. The maximum atomic E-state index is 4.91. The van der Waals surface area contributed by atoms with Crippen LogP contribution in [0.4, 0.5) is 0 Å². The molecule has 0 aliphatic rings. The van der Waals surface area contributed by atoms with Gasteiger partial charge in [-0.25, -0.2) is 0 Å². The van der Waals surface area contributed by atoms with Crippen molar-refractivity contribution in [2.45, 2.75) is 24.2 Å². The zero-order chi connectivity index (χ0) is 7.56. The summed E-state index contributed by atoms with van der Waals surface area (Å²) in [5, 5.41) is 3.80. The SMILES string of the molecule is CC(C)c1noc(CI)n1. The van der Waals surface area contributed by atoms with Gasteiger partial charge >= 0.3 is 0 Å². The molecule has 4 heteroatoms. The van der Waals surface area contributed by atoms with Crippen LogP contribution in [0.25, 0.3) is 0 Å². The van der Waals surface area contributed by atoms with Crippen molar-refractivity contribution in [1.82, 2.24) is 10.1 Å². The molecule has 1 rings (SSSR count). The summed E-state index contributed by atoms with van der Waals surface area (Å²) in [6.45, 7) is 4.09. The first kappa shape index (κ1) is 7.97.